The first-order valence-corrected chi connectivity index (χ1v) is 37.9. The van der Waals surface area contributed by atoms with Crippen molar-refractivity contribution in [3.05, 3.63) is 330 Å². The summed E-state index contributed by atoms with van der Waals surface area (Å²) in [6.45, 7) is 26.2. The van der Waals surface area contributed by atoms with Crippen LogP contribution in [0.1, 0.15) is 123 Å². The van der Waals surface area contributed by atoms with Gasteiger partial charge in [0.2, 0.25) is 0 Å². The number of rotatable bonds is 8. The van der Waals surface area contributed by atoms with E-state index in [2.05, 4.69) is 370 Å². The molecule has 0 unspecified atom stereocenters. The van der Waals surface area contributed by atoms with Gasteiger partial charge in [-0.1, -0.05) is 179 Å². The van der Waals surface area contributed by atoms with Crippen molar-refractivity contribution in [3.8, 4) is 101 Å². The zero-order valence-corrected chi connectivity index (χ0v) is 64.0. The molecule has 0 aliphatic carbocycles. The quantitative estimate of drug-likeness (QED) is 0.113. The lowest BCUT2D eigenvalue weighted by Crippen LogP contribution is -1.96. The molecule has 8 heteroatoms. The smallest absolute Gasteiger partial charge is 0.0737 e. The maximum Gasteiger partial charge on any atom is 0.0737 e. The van der Waals surface area contributed by atoms with Crippen LogP contribution in [0.15, 0.2) is 206 Å². The van der Waals surface area contributed by atoms with E-state index in [9.17, 15) is 0 Å². The summed E-state index contributed by atoms with van der Waals surface area (Å²) in [6.07, 6.45) is 17.4. The second-order valence-electron chi connectivity index (χ2n) is 30.3. The number of benzene rings is 8. The van der Waals surface area contributed by atoms with E-state index < -0.39 is 0 Å². The summed E-state index contributed by atoms with van der Waals surface area (Å²) in [7, 11) is 0. The number of nitrogens with one attached hydrogen (secondary N) is 4. The molecule has 0 fully saturated rings. The van der Waals surface area contributed by atoms with Gasteiger partial charge in [-0.3, -0.25) is 0 Å². The molecule has 10 heterocycles. The molecule has 4 aliphatic rings. The van der Waals surface area contributed by atoms with Crippen molar-refractivity contribution in [2.75, 3.05) is 0 Å². The Morgan fingerprint density at radius 2 is 0.355 bits per heavy atom. The summed E-state index contributed by atoms with van der Waals surface area (Å²) in [5.41, 5.74) is 47.6. The van der Waals surface area contributed by atoms with Crippen LogP contribution in [0.5, 0.6) is 0 Å². The van der Waals surface area contributed by atoms with Crippen LogP contribution in [0.4, 0.5) is 0 Å². The molecular weight excluding hydrogens is 1340 g/mol. The molecule has 8 aromatic carbocycles. The molecule has 0 atom stereocenters. The molecule has 0 spiro atoms. The number of hydrogen-bond acceptors (Lipinski definition) is 4. The molecule has 530 valence electrons. The highest BCUT2D eigenvalue weighted by Crippen LogP contribution is 2.45. The fourth-order valence-electron chi connectivity index (χ4n) is 17.2. The van der Waals surface area contributed by atoms with Gasteiger partial charge in [0, 0.05) is 99.8 Å². The van der Waals surface area contributed by atoms with Crippen molar-refractivity contribution >= 4 is 92.7 Å². The Bertz CT molecular complexity index is 6610. The molecule has 0 saturated carbocycles. The highest BCUT2D eigenvalue weighted by molar-refractivity contribution is 6.04. The molecule has 6 aromatic heterocycles. The van der Waals surface area contributed by atoms with Gasteiger partial charge in [0.1, 0.15) is 0 Å². The van der Waals surface area contributed by atoms with Crippen LogP contribution in [0.25, 0.3) is 182 Å². The van der Waals surface area contributed by atoms with Crippen LogP contribution in [0.2, 0.25) is 0 Å². The van der Waals surface area contributed by atoms with Crippen molar-refractivity contribution < 1.29 is 0 Å². The molecular formula is C102H82N8. The molecule has 8 nitrogen and oxygen atoms in total. The van der Waals surface area contributed by atoms with E-state index in [1.807, 2.05) is 0 Å². The van der Waals surface area contributed by atoms with Crippen LogP contribution in [-0.4, -0.2) is 39.9 Å². The first kappa shape index (κ1) is 68.3. The fourth-order valence-corrected chi connectivity index (χ4v) is 17.2. The van der Waals surface area contributed by atoms with Crippen molar-refractivity contribution in [3.63, 3.8) is 0 Å². The number of hydrogen-bond donors (Lipinski definition) is 4. The summed E-state index contributed by atoms with van der Waals surface area (Å²) >= 11 is 0. The van der Waals surface area contributed by atoms with Gasteiger partial charge in [-0.05, 0) is 282 Å². The lowest BCUT2D eigenvalue weighted by Gasteiger charge is -2.14. The summed E-state index contributed by atoms with van der Waals surface area (Å²) in [5, 5.41) is 0. The Morgan fingerprint density at radius 3 is 0.555 bits per heavy atom. The van der Waals surface area contributed by atoms with Gasteiger partial charge < -0.3 is 19.9 Å². The normalized spacial score (nSPS) is 12.1. The van der Waals surface area contributed by atoms with Gasteiger partial charge in [0.15, 0.2) is 0 Å². The first-order valence-electron chi connectivity index (χ1n) is 37.9. The number of aryl methyl sites for hydroxylation is 12. The third kappa shape index (κ3) is 12.5. The molecule has 18 rings (SSSR count). The second kappa shape index (κ2) is 27.4. The van der Waals surface area contributed by atoms with Crippen LogP contribution in [0.3, 0.4) is 0 Å². The molecule has 4 N–H and O–H groups in total. The average Bonchev–Trinajstić information content (AvgIpc) is 1.60. The SMILES string of the molecule is Cc1ccc(-c2c3nc(c(-c4ccc(C)cc4)c4ccc([nH]4)c(-c4ccc(C#Cc5ccc(-c6c7nc(c(-c8c(C)cc(C)cc8C)c8ccc([nH]8)c(-c8c(C)cc(C)cc8C)c8nc(c(-c9c(C)cc(C)cc9C)c9ccc6[nH]9)C=C8)C=C7)cc5)cc4)c4nc(c(-c5ccc(C)cc5)c5ccc2[nH]5)C=C4)C=C3)cc1. The molecule has 0 amide bonds. The number of H-pyrrole nitrogens is 4. The van der Waals surface area contributed by atoms with Gasteiger partial charge >= 0.3 is 0 Å². The number of fused-ring (bicyclic) bond motifs is 16. The standard InChI is InChI=1S/C102H82N8/c1-57-13-25-71(26-14-57)95-76-35-37-78(103-76)96(72-27-15-58(2)16-28-72)80-39-41-82(105-80)98(83-42-40-81(106-83)97(79-38-36-77(95)104-79)73-29-17-59(3)18-30-73)74-31-21-69(22-32-74)19-20-70-23-33-75(34-24-70)99-84-43-45-86(107-84)100(92-63(7)51-60(4)52-64(92)8)88-47-49-90(109-88)102(94-67(11)55-62(6)56-68(94)12)91-50-48-89(110-91)101(87-46-44-85(99)108-87)93-65(9)53-61(5)54-66(93)10/h13-18,21-56,103,106-107,110H,1-12H3. The van der Waals surface area contributed by atoms with E-state index in [4.69, 9.17) is 19.9 Å². The van der Waals surface area contributed by atoms with Gasteiger partial charge in [0.05, 0.1) is 45.6 Å². The summed E-state index contributed by atoms with van der Waals surface area (Å²) in [5.74, 6) is 7.12. The van der Waals surface area contributed by atoms with E-state index in [0.717, 1.165) is 184 Å². The minimum absolute atomic E-state index is 0.839. The largest absolute Gasteiger partial charge is 0.354 e. The van der Waals surface area contributed by atoms with Crippen LogP contribution >= 0.6 is 0 Å². The predicted octanol–water partition coefficient (Wildman–Crippen LogP) is 26.1. The highest BCUT2D eigenvalue weighted by Gasteiger charge is 2.25. The molecule has 0 saturated heterocycles. The Kier molecular flexibility index (Phi) is 17.0. The third-order valence-electron chi connectivity index (χ3n) is 22.0. The minimum atomic E-state index is 0.839. The first-order chi connectivity index (χ1) is 53.4. The van der Waals surface area contributed by atoms with E-state index in [1.54, 1.807) is 0 Å². The zero-order chi connectivity index (χ0) is 75.3. The Balaban J connectivity index is 0.786. The monoisotopic (exact) mass is 1420 g/mol. The third-order valence-corrected chi connectivity index (χ3v) is 22.0. The van der Waals surface area contributed by atoms with Gasteiger partial charge in [-0.2, -0.15) is 0 Å². The van der Waals surface area contributed by atoms with Crippen molar-refractivity contribution in [2.45, 2.75) is 83.1 Å². The van der Waals surface area contributed by atoms with E-state index in [-0.39, 0.29) is 0 Å². The maximum atomic E-state index is 5.73. The van der Waals surface area contributed by atoms with Gasteiger partial charge in [-0.25, -0.2) is 19.9 Å². The highest BCUT2D eigenvalue weighted by atomic mass is 14.8. The van der Waals surface area contributed by atoms with Crippen molar-refractivity contribution in [2.24, 2.45) is 0 Å². The molecule has 14 aromatic rings. The number of aromatic amines is 4. The Labute approximate surface area is 642 Å². The van der Waals surface area contributed by atoms with Crippen molar-refractivity contribution in [1.82, 2.24) is 39.9 Å². The molecule has 16 bridgehead atoms. The summed E-state index contributed by atoms with van der Waals surface area (Å²) < 4.78 is 0. The topological polar surface area (TPSA) is 115 Å². The van der Waals surface area contributed by atoms with Gasteiger partial charge in [0.25, 0.3) is 0 Å². The van der Waals surface area contributed by atoms with E-state index >= 15 is 0 Å². The maximum absolute atomic E-state index is 5.73. The van der Waals surface area contributed by atoms with Crippen molar-refractivity contribution in [1.29, 1.82) is 0 Å². The summed E-state index contributed by atoms with van der Waals surface area (Å²) in [6, 6.07) is 74.8. The fraction of sp³-hybridized carbons (Fsp3) is 0.118. The van der Waals surface area contributed by atoms with E-state index in [0.29, 0.717) is 0 Å². The van der Waals surface area contributed by atoms with Crippen LogP contribution in [-0.2, 0) is 0 Å². The predicted molar refractivity (Wildman–Crippen MR) is 464 cm³/mol. The van der Waals surface area contributed by atoms with Crippen LogP contribution in [0, 0.1) is 94.9 Å². The van der Waals surface area contributed by atoms with Gasteiger partial charge in [-0.15, -0.1) is 0 Å². The zero-order valence-electron chi connectivity index (χ0n) is 64.0. The molecule has 0 radical (unpaired) electrons. The lowest BCUT2D eigenvalue weighted by atomic mass is 9.92. The Morgan fingerprint density at radius 1 is 0.182 bits per heavy atom. The lowest BCUT2D eigenvalue weighted by molar-refractivity contribution is 1.27. The number of aromatic nitrogens is 8. The molecule has 110 heavy (non-hydrogen) atoms. The Hall–Kier alpha value is -13.5. The summed E-state index contributed by atoms with van der Waals surface area (Å²) in [4.78, 5) is 38.5. The number of nitrogens with zero attached hydrogens (tertiary/aromatic N) is 4. The van der Waals surface area contributed by atoms with Crippen LogP contribution < -0.4 is 0 Å². The van der Waals surface area contributed by atoms with E-state index in [1.165, 1.54) is 72.3 Å². The molecule has 4 aliphatic heterocycles. The second-order valence-corrected chi connectivity index (χ2v) is 30.3. The minimum Gasteiger partial charge on any atom is -0.354 e. The average molecular weight is 1420 g/mol.